The topological polar surface area (TPSA) is 41.1 Å². The van der Waals surface area contributed by atoms with E-state index in [2.05, 4.69) is 30.7 Å². The number of carbonyl (C=O) groups is 1. The van der Waals surface area contributed by atoms with E-state index in [1.165, 1.54) is 6.42 Å². The maximum atomic E-state index is 11.6. The lowest BCUT2D eigenvalue weighted by atomic mass is 10.0. The Balaban J connectivity index is 2.10. The van der Waals surface area contributed by atoms with Crippen LogP contribution < -0.4 is 10.6 Å². The van der Waals surface area contributed by atoms with Gasteiger partial charge >= 0.3 is 0 Å². The molecule has 1 saturated heterocycles. The van der Waals surface area contributed by atoms with Gasteiger partial charge in [0.2, 0.25) is 5.91 Å². The summed E-state index contributed by atoms with van der Waals surface area (Å²) in [6, 6.07) is 0. The third-order valence-corrected chi connectivity index (χ3v) is 4.46. The van der Waals surface area contributed by atoms with E-state index in [0.29, 0.717) is 12.3 Å². The highest BCUT2D eigenvalue weighted by Gasteiger charge is 2.18. The van der Waals surface area contributed by atoms with Crippen LogP contribution in [0.2, 0.25) is 0 Å². The summed E-state index contributed by atoms with van der Waals surface area (Å²) in [5.74, 6) is 0.910. The quantitative estimate of drug-likeness (QED) is 0.746. The number of amides is 1. The van der Waals surface area contributed by atoms with E-state index in [-0.39, 0.29) is 10.7 Å². The Kier molecular flexibility index (Phi) is 5.62. The number of nitrogens with one attached hydrogen (secondary N) is 2. The first-order valence-corrected chi connectivity index (χ1v) is 7.28. The van der Waals surface area contributed by atoms with Crippen molar-refractivity contribution in [1.29, 1.82) is 0 Å². The van der Waals surface area contributed by atoms with E-state index in [9.17, 15) is 4.79 Å². The van der Waals surface area contributed by atoms with Gasteiger partial charge in [0.1, 0.15) is 0 Å². The first-order chi connectivity index (χ1) is 7.53. The number of hydrogen-bond donors (Lipinski definition) is 2. The van der Waals surface area contributed by atoms with Crippen LogP contribution in [0.25, 0.3) is 0 Å². The van der Waals surface area contributed by atoms with Gasteiger partial charge in [-0.1, -0.05) is 0 Å². The monoisotopic (exact) mass is 244 g/mol. The second kappa shape index (κ2) is 6.50. The molecule has 0 aromatic heterocycles. The molecule has 0 bridgehead atoms. The van der Waals surface area contributed by atoms with Crippen molar-refractivity contribution < 1.29 is 4.79 Å². The van der Waals surface area contributed by atoms with Crippen molar-refractivity contribution >= 4 is 17.7 Å². The molecule has 0 spiro atoms. The molecule has 0 aromatic carbocycles. The zero-order valence-corrected chi connectivity index (χ0v) is 11.5. The van der Waals surface area contributed by atoms with Crippen molar-refractivity contribution in [2.24, 2.45) is 5.92 Å². The van der Waals surface area contributed by atoms with Crippen LogP contribution in [0.3, 0.4) is 0 Å². The van der Waals surface area contributed by atoms with Crippen molar-refractivity contribution in [3.05, 3.63) is 0 Å². The average Bonchev–Trinajstić information content (AvgIpc) is 2.76. The Morgan fingerprint density at radius 1 is 1.56 bits per heavy atom. The van der Waals surface area contributed by atoms with Gasteiger partial charge in [-0.3, -0.25) is 4.79 Å². The molecule has 1 rings (SSSR count). The van der Waals surface area contributed by atoms with E-state index < -0.39 is 0 Å². The summed E-state index contributed by atoms with van der Waals surface area (Å²) < 4.78 is 0.143. The molecule has 1 atom stereocenters. The third kappa shape index (κ3) is 5.21. The van der Waals surface area contributed by atoms with Crippen molar-refractivity contribution in [2.75, 3.05) is 25.9 Å². The van der Waals surface area contributed by atoms with Crippen molar-refractivity contribution in [1.82, 2.24) is 10.6 Å². The average molecular weight is 244 g/mol. The summed E-state index contributed by atoms with van der Waals surface area (Å²) in [6.07, 6.45) is 5.01. The molecule has 4 heteroatoms. The summed E-state index contributed by atoms with van der Waals surface area (Å²) in [5.41, 5.74) is 0. The Morgan fingerprint density at radius 2 is 2.31 bits per heavy atom. The maximum absolute atomic E-state index is 11.6. The van der Waals surface area contributed by atoms with Crippen LogP contribution in [0.4, 0.5) is 0 Å². The lowest BCUT2D eigenvalue weighted by molar-refractivity contribution is -0.121. The van der Waals surface area contributed by atoms with Crippen LogP contribution in [0.5, 0.6) is 0 Å². The van der Waals surface area contributed by atoms with Crippen LogP contribution in [0.1, 0.15) is 33.1 Å². The fourth-order valence-corrected chi connectivity index (χ4v) is 1.98. The minimum atomic E-state index is 0.143. The fraction of sp³-hybridized carbons (Fsp3) is 0.917. The van der Waals surface area contributed by atoms with Gasteiger partial charge in [-0.2, -0.15) is 11.8 Å². The Bertz CT molecular complexity index is 225. The molecule has 2 N–H and O–H groups in total. The van der Waals surface area contributed by atoms with E-state index in [1.807, 2.05) is 0 Å². The van der Waals surface area contributed by atoms with Gasteiger partial charge in [-0.05, 0) is 52.0 Å². The third-order valence-electron chi connectivity index (χ3n) is 3.21. The van der Waals surface area contributed by atoms with Gasteiger partial charge in [0.15, 0.2) is 0 Å². The molecule has 3 nitrogen and oxygen atoms in total. The van der Waals surface area contributed by atoms with Crippen molar-refractivity contribution in [3.8, 4) is 0 Å². The molecule has 1 aliphatic rings. The van der Waals surface area contributed by atoms with Crippen LogP contribution >= 0.6 is 11.8 Å². The smallest absolute Gasteiger partial charge is 0.220 e. The van der Waals surface area contributed by atoms with E-state index in [0.717, 1.165) is 26.1 Å². The minimum absolute atomic E-state index is 0.143. The van der Waals surface area contributed by atoms with Gasteiger partial charge in [-0.15, -0.1) is 0 Å². The minimum Gasteiger partial charge on any atom is -0.355 e. The molecule has 1 fully saturated rings. The molecule has 16 heavy (non-hydrogen) atoms. The second-order valence-corrected chi connectivity index (χ2v) is 6.65. The lowest BCUT2D eigenvalue weighted by Gasteiger charge is -2.22. The molecule has 94 valence electrons. The van der Waals surface area contributed by atoms with Gasteiger partial charge in [0.25, 0.3) is 0 Å². The van der Waals surface area contributed by atoms with Gasteiger partial charge < -0.3 is 10.6 Å². The van der Waals surface area contributed by atoms with Crippen LogP contribution in [0.15, 0.2) is 0 Å². The second-order valence-electron chi connectivity index (χ2n) is 5.14. The van der Waals surface area contributed by atoms with Crippen molar-refractivity contribution in [2.45, 2.75) is 37.9 Å². The molecule has 1 unspecified atom stereocenters. The molecule has 1 aliphatic heterocycles. The zero-order chi connectivity index (χ0) is 12.0. The van der Waals surface area contributed by atoms with Gasteiger partial charge in [0, 0.05) is 17.7 Å². The van der Waals surface area contributed by atoms with E-state index in [1.54, 1.807) is 11.8 Å². The molecule has 0 aliphatic carbocycles. The zero-order valence-electron chi connectivity index (χ0n) is 10.6. The standard InChI is InChI=1S/C12H24N2OS/c1-12(2,16-3)9-14-11(15)5-4-10-6-7-13-8-10/h10,13H,4-9H2,1-3H3,(H,14,15). The molecule has 0 radical (unpaired) electrons. The Morgan fingerprint density at radius 3 is 2.88 bits per heavy atom. The highest BCUT2D eigenvalue weighted by molar-refractivity contribution is 7.99. The highest BCUT2D eigenvalue weighted by Crippen LogP contribution is 2.19. The summed E-state index contributed by atoms with van der Waals surface area (Å²) in [4.78, 5) is 11.6. The number of rotatable bonds is 6. The highest BCUT2D eigenvalue weighted by atomic mass is 32.2. The summed E-state index contributed by atoms with van der Waals surface area (Å²) in [5, 5.41) is 6.34. The summed E-state index contributed by atoms with van der Waals surface area (Å²) in [7, 11) is 0. The summed E-state index contributed by atoms with van der Waals surface area (Å²) in [6.45, 7) is 7.27. The van der Waals surface area contributed by atoms with Crippen molar-refractivity contribution in [3.63, 3.8) is 0 Å². The molecule has 0 saturated carbocycles. The molecule has 1 amide bonds. The number of thioether (sulfide) groups is 1. The Hall–Kier alpha value is -0.220. The Labute approximate surface area is 103 Å². The molecular formula is C12H24N2OS. The predicted octanol–water partition coefficient (Wildman–Crippen LogP) is 1.63. The fourth-order valence-electron chi connectivity index (χ4n) is 1.77. The van der Waals surface area contributed by atoms with Crippen LogP contribution in [-0.2, 0) is 4.79 Å². The molecule has 0 aromatic rings. The SMILES string of the molecule is CSC(C)(C)CNC(=O)CCC1CCNC1. The van der Waals surface area contributed by atoms with E-state index in [4.69, 9.17) is 0 Å². The lowest BCUT2D eigenvalue weighted by Crippen LogP contribution is -2.36. The molecular weight excluding hydrogens is 220 g/mol. The summed E-state index contributed by atoms with van der Waals surface area (Å²) >= 11 is 1.79. The largest absolute Gasteiger partial charge is 0.355 e. The first kappa shape index (κ1) is 13.8. The van der Waals surface area contributed by atoms with E-state index >= 15 is 0 Å². The maximum Gasteiger partial charge on any atom is 0.220 e. The van der Waals surface area contributed by atoms with Crippen LogP contribution in [-0.4, -0.2) is 36.5 Å². The number of carbonyl (C=O) groups excluding carboxylic acids is 1. The van der Waals surface area contributed by atoms with Crippen LogP contribution in [0, 0.1) is 5.92 Å². The number of hydrogen-bond acceptors (Lipinski definition) is 3. The van der Waals surface area contributed by atoms with Gasteiger partial charge in [-0.25, -0.2) is 0 Å². The predicted molar refractivity (Wildman–Crippen MR) is 70.8 cm³/mol. The molecule has 1 heterocycles. The van der Waals surface area contributed by atoms with Gasteiger partial charge in [0.05, 0.1) is 0 Å². The normalized spacial score (nSPS) is 21.1. The first-order valence-electron chi connectivity index (χ1n) is 6.06.